The van der Waals surface area contributed by atoms with Crippen LogP contribution in [0.1, 0.15) is 5.56 Å². The molecule has 0 unspecified atom stereocenters. The lowest BCUT2D eigenvalue weighted by Gasteiger charge is -2.35. The van der Waals surface area contributed by atoms with Crippen molar-refractivity contribution in [1.82, 2.24) is 14.8 Å². The summed E-state index contributed by atoms with van der Waals surface area (Å²) in [5, 5.41) is 0. The van der Waals surface area contributed by atoms with Gasteiger partial charge in [0.25, 0.3) is 0 Å². The first-order valence-electron chi connectivity index (χ1n) is 8.49. The van der Waals surface area contributed by atoms with Gasteiger partial charge in [0.1, 0.15) is 5.82 Å². The monoisotopic (exact) mass is 402 g/mol. The van der Waals surface area contributed by atoms with E-state index < -0.39 is 0 Å². The van der Waals surface area contributed by atoms with E-state index in [2.05, 4.69) is 30.7 Å². The first kappa shape index (κ1) is 17.9. The summed E-state index contributed by atoms with van der Waals surface area (Å²) in [6, 6.07) is 14.0. The number of rotatable bonds is 5. The molecule has 6 heteroatoms. The summed E-state index contributed by atoms with van der Waals surface area (Å²) < 4.78 is 1.04. The lowest BCUT2D eigenvalue weighted by Crippen LogP contribution is -2.49. The number of likely N-dealkylation sites (N-methyl/N-ethyl adjacent to an activating group) is 1. The molecule has 0 spiro atoms. The molecular formula is C19H23BrN4O. The molecule has 0 radical (unpaired) electrons. The largest absolute Gasteiger partial charge is 0.354 e. The average molecular weight is 403 g/mol. The molecule has 3 rings (SSSR count). The van der Waals surface area contributed by atoms with Crippen molar-refractivity contribution in [3.8, 4) is 0 Å². The Morgan fingerprint density at radius 2 is 1.84 bits per heavy atom. The number of aromatic nitrogens is 1. The van der Waals surface area contributed by atoms with Crippen molar-refractivity contribution in [3.63, 3.8) is 0 Å². The average Bonchev–Trinajstić information content (AvgIpc) is 2.65. The number of carbonyl (C=O) groups excluding carboxylic acids is 1. The fraction of sp³-hybridized carbons (Fsp3) is 0.368. The molecule has 2 heterocycles. The van der Waals surface area contributed by atoms with Crippen molar-refractivity contribution in [2.24, 2.45) is 0 Å². The molecule has 5 nitrogen and oxygen atoms in total. The molecule has 0 saturated carbocycles. The zero-order chi connectivity index (χ0) is 17.6. The fourth-order valence-corrected chi connectivity index (χ4v) is 3.37. The molecule has 0 atom stereocenters. The minimum atomic E-state index is 0.155. The number of benzene rings is 1. The molecule has 1 aromatic heterocycles. The van der Waals surface area contributed by atoms with Gasteiger partial charge in [0.05, 0.1) is 6.54 Å². The maximum Gasteiger partial charge on any atom is 0.236 e. The van der Waals surface area contributed by atoms with Gasteiger partial charge >= 0.3 is 0 Å². The van der Waals surface area contributed by atoms with Crippen LogP contribution in [-0.2, 0) is 11.3 Å². The normalized spacial score (nSPS) is 15.2. The van der Waals surface area contributed by atoms with E-state index in [4.69, 9.17) is 0 Å². The van der Waals surface area contributed by atoms with E-state index in [1.807, 2.05) is 55.7 Å². The van der Waals surface area contributed by atoms with Crippen LogP contribution >= 0.6 is 15.9 Å². The zero-order valence-electron chi connectivity index (χ0n) is 14.4. The minimum Gasteiger partial charge on any atom is -0.354 e. The van der Waals surface area contributed by atoms with Crippen LogP contribution in [0.5, 0.6) is 0 Å². The molecule has 0 N–H and O–H groups in total. The summed E-state index contributed by atoms with van der Waals surface area (Å²) in [5.41, 5.74) is 1.12. The Kier molecular flexibility index (Phi) is 6.04. The van der Waals surface area contributed by atoms with Crippen molar-refractivity contribution in [2.75, 3.05) is 44.7 Å². The van der Waals surface area contributed by atoms with Gasteiger partial charge in [-0.1, -0.05) is 40.2 Å². The van der Waals surface area contributed by atoms with Crippen molar-refractivity contribution in [1.29, 1.82) is 0 Å². The third-order valence-electron chi connectivity index (χ3n) is 4.50. The molecule has 1 aliphatic rings. The highest BCUT2D eigenvalue weighted by Gasteiger charge is 2.21. The highest BCUT2D eigenvalue weighted by atomic mass is 79.9. The minimum absolute atomic E-state index is 0.155. The van der Waals surface area contributed by atoms with Gasteiger partial charge in [-0.05, 0) is 23.8 Å². The van der Waals surface area contributed by atoms with Gasteiger partial charge in [0.15, 0.2) is 0 Å². The Labute approximate surface area is 157 Å². The van der Waals surface area contributed by atoms with E-state index in [1.54, 1.807) is 4.90 Å². The second-order valence-corrected chi connectivity index (χ2v) is 7.15. The standard InChI is InChI=1S/C19H23BrN4O/c1-22(14-16-6-2-3-7-17(16)20)19(25)15-23-10-12-24(13-11-23)18-8-4-5-9-21-18/h2-9H,10-15H2,1H3. The summed E-state index contributed by atoms with van der Waals surface area (Å²) in [4.78, 5) is 23.2. The van der Waals surface area contributed by atoms with Crippen LogP contribution < -0.4 is 4.90 Å². The maximum atomic E-state index is 12.5. The Bertz CT molecular complexity index is 702. The second kappa shape index (κ2) is 8.45. The number of hydrogen-bond acceptors (Lipinski definition) is 4. The smallest absolute Gasteiger partial charge is 0.236 e. The van der Waals surface area contributed by atoms with E-state index in [0.29, 0.717) is 13.1 Å². The molecule has 1 aliphatic heterocycles. The molecule has 1 amide bonds. The third-order valence-corrected chi connectivity index (χ3v) is 5.27. The third kappa shape index (κ3) is 4.80. The van der Waals surface area contributed by atoms with Crippen LogP contribution in [-0.4, -0.2) is 60.5 Å². The molecule has 25 heavy (non-hydrogen) atoms. The van der Waals surface area contributed by atoms with Crippen LogP contribution in [0.2, 0.25) is 0 Å². The molecular weight excluding hydrogens is 380 g/mol. The number of piperazine rings is 1. The van der Waals surface area contributed by atoms with Gasteiger partial charge in [0.2, 0.25) is 5.91 Å². The topological polar surface area (TPSA) is 39.7 Å². The fourth-order valence-electron chi connectivity index (χ4n) is 2.96. The molecule has 132 valence electrons. The number of pyridine rings is 1. The Balaban J connectivity index is 1.48. The van der Waals surface area contributed by atoms with Crippen molar-refractivity contribution in [3.05, 3.63) is 58.7 Å². The van der Waals surface area contributed by atoms with Crippen molar-refractivity contribution >= 4 is 27.7 Å². The Hall–Kier alpha value is -1.92. The number of anilines is 1. The molecule has 1 fully saturated rings. The number of halogens is 1. The quantitative estimate of drug-likeness (QED) is 0.770. The number of carbonyl (C=O) groups is 1. The lowest BCUT2D eigenvalue weighted by atomic mass is 10.2. The molecule has 0 aliphatic carbocycles. The number of hydrogen-bond donors (Lipinski definition) is 0. The summed E-state index contributed by atoms with van der Waals surface area (Å²) in [5.74, 6) is 1.17. The Morgan fingerprint density at radius 3 is 2.52 bits per heavy atom. The summed E-state index contributed by atoms with van der Waals surface area (Å²) in [6.45, 7) is 4.65. The van der Waals surface area contributed by atoms with Crippen molar-refractivity contribution < 1.29 is 4.79 Å². The second-order valence-electron chi connectivity index (χ2n) is 6.29. The van der Waals surface area contributed by atoms with Gasteiger partial charge in [-0.3, -0.25) is 9.69 Å². The van der Waals surface area contributed by atoms with Gasteiger partial charge in [-0.25, -0.2) is 4.98 Å². The molecule has 2 aromatic rings. The first-order valence-corrected chi connectivity index (χ1v) is 9.28. The highest BCUT2D eigenvalue weighted by molar-refractivity contribution is 9.10. The van der Waals surface area contributed by atoms with E-state index in [-0.39, 0.29) is 5.91 Å². The first-order chi connectivity index (χ1) is 12.1. The predicted octanol–water partition coefficient (Wildman–Crippen LogP) is 2.62. The van der Waals surface area contributed by atoms with E-state index >= 15 is 0 Å². The van der Waals surface area contributed by atoms with Crippen LogP contribution in [0.4, 0.5) is 5.82 Å². The Morgan fingerprint density at radius 1 is 1.12 bits per heavy atom. The van der Waals surface area contributed by atoms with Gasteiger partial charge in [-0.2, -0.15) is 0 Å². The summed E-state index contributed by atoms with van der Waals surface area (Å²) in [7, 11) is 1.87. The van der Waals surface area contributed by atoms with Crippen LogP contribution in [0.3, 0.4) is 0 Å². The maximum absolute atomic E-state index is 12.5. The SMILES string of the molecule is CN(Cc1ccccc1Br)C(=O)CN1CCN(c2ccccn2)CC1. The highest BCUT2D eigenvalue weighted by Crippen LogP contribution is 2.17. The van der Waals surface area contributed by atoms with Gasteiger partial charge in [0, 0.05) is 50.4 Å². The van der Waals surface area contributed by atoms with Crippen LogP contribution in [0.25, 0.3) is 0 Å². The van der Waals surface area contributed by atoms with E-state index in [1.165, 1.54) is 0 Å². The predicted molar refractivity (Wildman–Crippen MR) is 104 cm³/mol. The van der Waals surface area contributed by atoms with Crippen molar-refractivity contribution in [2.45, 2.75) is 6.54 Å². The lowest BCUT2D eigenvalue weighted by molar-refractivity contribution is -0.131. The van der Waals surface area contributed by atoms with Gasteiger partial charge in [-0.15, -0.1) is 0 Å². The van der Waals surface area contributed by atoms with Crippen LogP contribution in [0.15, 0.2) is 53.1 Å². The van der Waals surface area contributed by atoms with Crippen LogP contribution in [0, 0.1) is 0 Å². The van der Waals surface area contributed by atoms with E-state index in [0.717, 1.165) is 42.0 Å². The molecule has 1 saturated heterocycles. The zero-order valence-corrected chi connectivity index (χ0v) is 16.0. The van der Waals surface area contributed by atoms with E-state index in [9.17, 15) is 4.79 Å². The summed E-state index contributed by atoms with van der Waals surface area (Å²) >= 11 is 3.54. The molecule has 1 aromatic carbocycles. The molecule has 0 bridgehead atoms. The summed E-state index contributed by atoms with van der Waals surface area (Å²) in [6.07, 6.45) is 1.82. The number of amides is 1. The van der Waals surface area contributed by atoms with Gasteiger partial charge < -0.3 is 9.80 Å². The number of nitrogens with zero attached hydrogens (tertiary/aromatic N) is 4.